The van der Waals surface area contributed by atoms with Crippen molar-refractivity contribution in [2.75, 3.05) is 84.5 Å². The molecule has 6 rings (SSSR count). The van der Waals surface area contributed by atoms with Crippen molar-refractivity contribution in [1.29, 1.82) is 0 Å². The standard InChI is InChI=1S/C11H11NO2S.C10H8BrNO2.C8H17NO4S.C8H5NO2.C3H9NO2S.C2H4Br2.CH5N.2CH4.ClH.K/c1-15-7-6-12-10(13)8-4-2-3-5-9(8)11(12)14;11-5-6-12-9(13)7-3-1-2-4-8(7)10(12)14;1-8(2,3)13-7(10)9-5-6-14(4,11)12;10-7-5-3-1-2-4-6(5)8(11)9-7;1-7(5,6)3-2-4;3-1-2-4;1-2;;;;/h2-5H,6-7H2,1H3;1-4H,5-6H2;5-6H2,1-4H3,(H,9,10);1-4H,(H,9,10,11);2-4H2,1H3;1-2H2;2H2,1H3;2*1H4;1H;/q;;;;;;;;;;+1/p-1/i1D3,6D2,7D2;5D2,6D2;4D3,5D2,6D2;;1D3,2D2,3D2;1D2,2D2;;;;;. The van der Waals surface area contributed by atoms with Crippen molar-refractivity contribution in [1.82, 2.24) is 15.1 Å². The third kappa shape index (κ3) is 30.1. The van der Waals surface area contributed by atoms with Crippen LogP contribution >= 0.6 is 72.0 Å². The van der Waals surface area contributed by atoms with Gasteiger partial charge in [-0.1, -0.05) is 111 Å². The number of nitrogens with zero attached hydrogens (tertiary/aromatic N) is 3. The van der Waals surface area contributed by atoms with Gasteiger partial charge in [-0.15, -0.1) is 12.4 Å². The van der Waals surface area contributed by atoms with E-state index in [9.17, 15) is 50.4 Å². The first-order valence-corrected chi connectivity index (χ1v) is 23.3. The van der Waals surface area contributed by atoms with Crippen LogP contribution in [0.15, 0.2) is 72.8 Å². The fourth-order valence-corrected chi connectivity index (χ4v) is 4.94. The van der Waals surface area contributed by atoms with Crippen LogP contribution in [-0.4, -0.2) is 158 Å². The van der Waals surface area contributed by atoms with E-state index < -0.39 is 144 Å². The Hall–Kier alpha value is -2.11. The van der Waals surface area contributed by atoms with E-state index in [0.717, 1.165) is 0 Å². The van der Waals surface area contributed by atoms with E-state index >= 15 is 0 Å². The topological polar surface area (TPSA) is 282 Å². The summed E-state index contributed by atoms with van der Waals surface area (Å²) in [5.74, 6) is -4.48. The first-order valence-electron chi connectivity index (χ1n) is 31.7. The second-order valence-electron chi connectivity index (χ2n) is 12.1. The van der Waals surface area contributed by atoms with Gasteiger partial charge in [0.15, 0.2) is 0 Å². The Morgan fingerprint density at radius 3 is 1.34 bits per heavy atom. The molecule has 71 heavy (non-hydrogen) atoms. The van der Waals surface area contributed by atoms with Crippen molar-refractivity contribution in [3.63, 3.8) is 0 Å². The number of hydrogen-bond acceptors (Lipinski definition) is 15. The summed E-state index contributed by atoms with van der Waals surface area (Å²) in [4.78, 5) is 82.0. The molecule has 3 aliphatic rings. The fourth-order valence-electron chi connectivity index (χ4n) is 4.29. The van der Waals surface area contributed by atoms with Crippen molar-refractivity contribution < 1.29 is 146 Å². The molecule has 0 saturated heterocycles. The number of nitrogens with two attached hydrogens (primary N) is 2. The molecule has 18 nitrogen and oxygen atoms in total. The van der Waals surface area contributed by atoms with Crippen LogP contribution in [-0.2, 0) is 24.4 Å². The Bertz CT molecular complexity index is 3500. The molecule has 0 atom stereocenters. The third-order valence-electron chi connectivity index (χ3n) is 6.52. The number of ether oxygens (including phenoxy) is 1. The van der Waals surface area contributed by atoms with E-state index in [1.807, 2.05) is 0 Å². The molecule has 0 aliphatic carbocycles. The Morgan fingerprint density at radius 1 is 0.690 bits per heavy atom. The van der Waals surface area contributed by atoms with E-state index in [-0.39, 0.29) is 118 Å². The van der Waals surface area contributed by atoms with Crippen molar-refractivity contribution in [3.8, 4) is 0 Å². The summed E-state index contributed by atoms with van der Waals surface area (Å²) >= 11 is 7.29. The number of imide groups is 3. The number of carbonyl (C=O) groups excluding carboxylic acids is 7. The number of sulfone groups is 2. The van der Waals surface area contributed by atoms with E-state index in [1.54, 1.807) is 36.4 Å². The maximum Gasteiger partial charge on any atom is 1.00 e. The average molecular weight is 1320 g/mol. The van der Waals surface area contributed by atoms with Crippen molar-refractivity contribution in [3.05, 3.63) is 111 Å². The molecule has 0 spiro atoms. The van der Waals surface area contributed by atoms with E-state index in [1.165, 1.54) is 69.5 Å². The molecule has 3 aromatic rings. The minimum absolute atomic E-state index is 0. The van der Waals surface area contributed by atoms with Crippen molar-refractivity contribution in [2.45, 2.75) is 41.2 Å². The van der Waals surface area contributed by atoms with Gasteiger partial charge in [0.25, 0.3) is 23.6 Å². The maximum atomic E-state index is 12.2. The van der Waals surface area contributed by atoms with Crippen molar-refractivity contribution >= 4 is 133 Å². The smallest absolute Gasteiger partial charge is 0.587 e. The minimum atomic E-state index is -5.53. The predicted molar refractivity (Wildman–Crippen MR) is 295 cm³/mol. The summed E-state index contributed by atoms with van der Waals surface area (Å²) in [6.07, 6.45) is -11.7. The van der Waals surface area contributed by atoms with Crippen LogP contribution in [0.4, 0.5) is 4.79 Å². The zero-order chi connectivity index (χ0) is 77.0. The molecular formula is C45H67Br3ClKN6O12S3. The Labute approximate surface area is 539 Å². The van der Waals surface area contributed by atoms with E-state index in [0.29, 0.717) is 16.0 Å². The van der Waals surface area contributed by atoms with Gasteiger partial charge in [0.1, 0.15) is 25.3 Å². The monoisotopic (exact) mass is 1320 g/mol. The van der Waals surface area contributed by atoms with Gasteiger partial charge in [-0.05, 0) is 58.3 Å². The number of thioether (sulfide) groups is 1. The van der Waals surface area contributed by atoms with Crippen LogP contribution in [0.2, 0.25) is 0 Å². The molecule has 0 radical (unpaired) electrons. The number of halogens is 4. The van der Waals surface area contributed by atoms with E-state index in [4.69, 9.17) is 39.8 Å². The number of rotatable bonds is 11. The van der Waals surface area contributed by atoms with Crippen LogP contribution < -0.4 is 68.2 Å². The molecule has 7 amide bonds. The van der Waals surface area contributed by atoms with Crippen LogP contribution in [0.3, 0.4) is 0 Å². The Kier molecular flexibility index (Phi) is 20.8. The molecular weight excluding hydrogens is 1230 g/mol. The van der Waals surface area contributed by atoms with Crippen LogP contribution in [0.1, 0.15) is 138 Å². The molecule has 26 heteroatoms. The minimum Gasteiger partial charge on any atom is -0.587 e. The molecule has 3 aromatic carbocycles. The molecule has 0 bridgehead atoms. The number of alkyl carbamates (subject to hydrolysis) is 1. The Morgan fingerprint density at radius 2 is 1.04 bits per heavy atom. The largest absolute Gasteiger partial charge is 1.00 e. The zero-order valence-corrected chi connectivity index (χ0v) is 47.2. The normalized spacial score (nSPS) is 20.9. The van der Waals surface area contributed by atoms with Gasteiger partial charge in [0.05, 0.1) is 53.7 Å². The van der Waals surface area contributed by atoms with Crippen LogP contribution in [0.25, 0.3) is 5.32 Å². The van der Waals surface area contributed by atoms with Gasteiger partial charge in [-0.3, -0.25) is 29.0 Å². The molecule has 0 saturated carbocycles. The van der Waals surface area contributed by atoms with E-state index in [2.05, 4.69) is 69.3 Å². The number of fused-ring (bicyclic) bond motifs is 3. The quantitative estimate of drug-likeness (QED) is 0.137. The molecule has 0 unspecified atom stereocenters. The van der Waals surface area contributed by atoms with Gasteiger partial charge in [-0.2, -0.15) is 11.8 Å². The fraction of sp³-hybridized carbons (Fsp3) is 0.444. The van der Waals surface area contributed by atoms with Crippen LogP contribution in [0.5, 0.6) is 0 Å². The number of nitrogens with one attached hydrogen (secondary N) is 1. The number of amides is 7. The summed E-state index contributed by atoms with van der Waals surface area (Å²) in [5, 5.41) is -1.86. The predicted octanol–water partition coefficient (Wildman–Crippen LogP) is 4.27. The molecule has 0 aromatic heterocycles. The average Bonchev–Trinajstić information content (AvgIpc) is 1.32. The maximum absolute atomic E-state index is 12.2. The van der Waals surface area contributed by atoms with Gasteiger partial charge < -0.3 is 36.4 Å². The molecule has 5 N–H and O–H groups in total. The summed E-state index contributed by atoms with van der Waals surface area (Å²) in [6.45, 7) is -8.33. The SMILES string of the molecule is C.C.CN.Cl.O=C1[N-]C(=O)c2ccccc21.[2H]C([2H])(Br)C([2H])([2H])Br.[2H]C([2H])(Br)C([2H])([2H])N1C(=O)c2ccccc2C1=O.[2H]C([2H])(N)C([2H])([2H])S(=O)(=O)C([2H])([2H])[2H].[2H]C([2H])(NC(=O)OC(C)(C)C)C([2H])([2H])S(=O)(=O)C([2H])([2H])[2H].[2H]C([2H])([2H])SC([2H])([2H])C([2H])([2H])N1C(=O)c2ccccc2C1=O.[K+]. The van der Waals surface area contributed by atoms with Gasteiger partial charge in [-0.25, -0.2) is 21.6 Å². The van der Waals surface area contributed by atoms with Gasteiger partial charge >= 0.3 is 57.5 Å². The second-order valence-corrected chi connectivity index (χ2v) is 16.1. The number of benzene rings is 3. The first-order chi connectivity index (χ1) is 42.2. The number of alkyl halides is 3. The second kappa shape index (κ2) is 40.2. The Balaban J connectivity index is -0.000000365. The van der Waals surface area contributed by atoms with Crippen molar-refractivity contribution in [2.24, 2.45) is 11.5 Å². The summed E-state index contributed by atoms with van der Waals surface area (Å²) in [7, 11) is -9.34. The summed E-state index contributed by atoms with van der Waals surface area (Å²) in [5.41, 5.74) is -1.53. The molecule has 3 aliphatic heterocycles. The summed E-state index contributed by atoms with van der Waals surface area (Å²) in [6, 6.07) is 18.2. The molecule has 3 heterocycles. The molecule has 396 valence electrons. The zero-order valence-electron chi connectivity index (χ0n) is 65.1. The van der Waals surface area contributed by atoms with Crippen LogP contribution in [0, 0.1) is 0 Å². The first kappa shape index (κ1) is 36.8. The number of carbonyl (C=O) groups is 7. The van der Waals surface area contributed by atoms with Gasteiger partial charge in [0.2, 0.25) is 0 Å². The third-order valence-corrected chi connectivity index (χ3v) is 8.58. The van der Waals surface area contributed by atoms with Gasteiger partial charge in [0, 0.05) is 103 Å². The summed E-state index contributed by atoms with van der Waals surface area (Å²) < 4.78 is 256. The molecule has 0 fully saturated rings. The number of hydrogen-bond donors (Lipinski definition) is 3.